The lowest BCUT2D eigenvalue weighted by atomic mass is 9.83. The van der Waals surface area contributed by atoms with Gasteiger partial charge in [-0.3, -0.25) is 9.62 Å². The molecule has 39 heavy (non-hydrogen) atoms. The molecule has 0 aromatic carbocycles. The molecule has 0 bridgehead atoms. The van der Waals surface area contributed by atoms with Gasteiger partial charge in [-0.2, -0.15) is 0 Å². The maximum atomic E-state index is 12.0. The van der Waals surface area contributed by atoms with Crippen molar-refractivity contribution in [2.24, 2.45) is 5.92 Å². The normalized spacial score (nSPS) is 18.0. The molecule has 2 fully saturated rings. The second kappa shape index (κ2) is 11.1. The lowest BCUT2D eigenvalue weighted by Crippen LogP contribution is -2.41. The minimum absolute atomic E-state index is 0.184. The molecule has 2 saturated heterocycles. The zero-order valence-corrected chi connectivity index (χ0v) is 24.4. The van der Waals surface area contributed by atoms with Crippen molar-refractivity contribution in [1.82, 2.24) is 19.9 Å². The Morgan fingerprint density at radius 1 is 1.21 bits per heavy atom. The Labute approximate surface area is 233 Å². The van der Waals surface area contributed by atoms with E-state index < -0.39 is 15.6 Å². The van der Waals surface area contributed by atoms with Crippen LogP contribution in [0, 0.1) is 5.92 Å². The minimum Gasteiger partial charge on any atom is -0.480 e. The first-order valence-corrected chi connectivity index (χ1v) is 15.9. The van der Waals surface area contributed by atoms with Gasteiger partial charge in [0.25, 0.3) is 0 Å². The molecule has 2 N–H and O–H groups in total. The molecule has 0 aliphatic carbocycles. The Hall–Kier alpha value is -2.58. The number of fused-ring (bicyclic) bond motifs is 1. The number of anilines is 2. The highest BCUT2D eigenvalue weighted by molar-refractivity contribution is 7.92. The van der Waals surface area contributed by atoms with Crippen LogP contribution in [0.3, 0.4) is 0 Å². The van der Waals surface area contributed by atoms with E-state index in [0.717, 1.165) is 54.5 Å². The van der Waals surface area contributed by atoms with E-state index in [-0.39, 0.29) is 11.6 Å². The van der Waals surface area contributed by atoms with Crippen molar-refractivity contribution in [3.8, 4) is 17.1 Å². The highest BCUT2D eigenvalue weighted by Gasteiger charge is 2.31. The zero-order chi connectivity index (χ0) is 27.8. The molecule has 0 unspecified atom stereocenters. The number of aliphatic hydroxyl groups is 1. The third-order valence-electron chi connectivity index (χ3n) is 7.36. The van der Waals surface area contributed by atoms with E-state index >= 15 is 0 Å². The number of methoxy groups -OCH3 is 1. The van der Waals surface area contributed by atoms with E-state index in [0.29, 0.717) is 49.4 Å². The number of rotatable bonds is 8. The number of morpholine rings is 1. The summed E-state index contributed by atoms with van der Waals surface area (Å²) in [4.78, 5) is 18.9. The number of nitrogens with one attached hydrogen (secondary N) is 1. The van der Waals surface area contributed by atoms with Crippen LogP contribution in [0.5, 0.6) is 5.88 Å². The van der Waals surface area contributed by atoms with Gasteiger partial charge in [-0.25, -0.2) is 23.4 Å². The number of nitrogens with zero attached hydrogens (tertiary/aromatic N) is 5. The van der Waals surface area contributed by atoms with Crippen LogP contribution in [0.1, 0.15) is 32.3 Å². The standard InChI is InChI=1S/C26H36N6O5S2/c1-26(2,33)19-5-7-31(8-6-19)15-18-16-38-23-21(28-25(29-22(18)23)32-9-11-37-12-10-32)17-13-20(30-39(4,34)35)24(36-3)27-14-17/h13-14,16,19,30,33H,5-12,15H2,1-4H3. The lowest BCUT2D eigenvalue weighted by molar-refractivity contribution is -0.0135. The number of ether oxygens (including phenoxy) is 2. The highest BCUT2D eigenvalue weighted by atomic mass is 32.2. The van der Waals surface area contributed by atoms with Crippen molar-refractivity contribution < 1.29 is 23.0 Å². The molecule has 0 amide bonds. The van der Waals surface area contributed by atoms with E-state index in [1.165, 1.54) is 7.11 Å². The van der Waals surface area contributed by atoms with E-state index in [4.69, 9.17) is 19.4 Å². The average Bonchev–Trinajstić information content (AvgIpc) is 3.30. The van der Waals surface area contributed by atoms with E-state index in [1.54, 1.807) is 23.6 Å². The number of sulfonamides is 1. The van der Waals surface area contributed by atoms with E-state index in [9.17, 15) is 13.5 Å². The first-order chi connectivity index (χ1) is 18.5. The molecule has 0 atom stereocenters. The summed E-state index contributed by atoms with van der Waals surface area (Å²) in [5.41, 5.74) is 2.99. The molecule has 2 aliphatic rings. The quantitative estimate of drug-likeness (QED) is 0.413. The van der Waals surface area contributed by atoms with Crippen LogP contribution in [0.4, 0.5) is 11.6 Å². The van der Waals surface area contributed by atoms with Crippen LogP contribution in [0.15, 0.2) is 17.6 Å². The third kappa shape index (κ3) is 6.43. The Morgan fingerprint density at radius 2 is 1.92 bits per heavy atom. The average molecular weight is 577 g/mol. The van der Waals surface area contributed by atoms with Crippen LogP contribution in [-0.2, 0) is 21.3 Å². The number of pyridine rings is 1. The third-order valence-corrected chi connectivity index (χ3v) is 8.98. The minimum atomic E-state index is -3.55. The van der Waals surface area contributed by atoms with Gasteiger partial charge in [-0.15, -0.1) is 11.3 Å². The molecule has 2 aliphatic heterocycles. The van der Waals surface area contributed by atoms with Gasteiger partial charge in [0.2, 0.25) is 21.9 Å². The number of likely N-dealkylation sites (tertiary alicyclic amines) is 1. The molecule has 3 aromatic heterocycles. The predicted octanol–water partition coefficient (Wildman–Crippen LogP) is 2.95. The van der Waals surface area contributed by atoms with Gasteiger partial charge in [0.15, 0.2) is 0 Å². The van der Waals surface area contributed by atoms with Crippen molar-refractivity contribution in [2.45, 2.75) is 38.8 Å². The summed E-state index contributed by atoms with van der Waals surface area (Å²) in [5.74, 6) is 1.10. The predicted molar refractivity (Wildman–Crippen MR) is 153 cm³/mol. The molecule has 0 radical (unpaired) electrons. The van der Waals surface area contributed by atoms with Gasteiger partial charge in [-0.05, 0) is 57.1 Å². The van der Waals surface area contributed by atoms with Gasteiger partial charge in [-0.1, -0.05) is 0 Å². The molecule has 0 saturated carbocycles. The van der Waals surface area contributed by atoms with Crippen LogP contribution in [0.25, 0.3) is 21.5 Å². The molecule has 5 heterocycles. The molecule has 0 spiro atoms. The number of hydrogen-bond acceptors (Lipinski definition) is 11. The van der Waals surface area contributed by atoms with Crippen molar-refractivity contribution in [1.29, 1.82) is 0 Å². The van der Waals surface area contributed by atoms with Crippen molar-refractivity contribution in [2.75, 3.05) is 62.4 Å². The fourth-order valence-electron chi connectivity index (χ4n) is 5.22. The topological polar surface area (TPSA) is 130 Å². The van der Waals surface area contributed by atoms with Crippen molar-refractivity contribution in [3.63, 3.8) is 0 Å². The molecular weight excluding hydrogens is 540 g/mol. The largest absolute Gasteiger partial charge is 0.480 e. The van der Waals surface area contributed by atoms with E-state index in [2.05, 4.69) is 24.9 Å². The Balaban J connectivity index is 1.53. The van der Waals surface area contributed by atoms with Crippen molar-refractivity contribution in [3.05, 3.63) is 23.2 Å². The number of thiophene rings is 1. The van der Waals surface area contributed by atoms with Gasteiger partial charge in [0.05, 0.1) is 48.1 Å². The van der Waals surface area contributed by atoms with Gasteiger partial charge in [0, 0.05) is 37.0 Å². The summed E-state index contributed by atoms with van der Waals surface area (Å²) in [6.45, 7) is 9.00. The van der Waals surface area contributed by atoms with Gasteiger partial charge >= 0.3 is 0 Å². The Bertz CT molecular complexity index is 1420. The zero-order valence-electron chi connectivity index (χ0n) is 22.8. The highest BCUT2D eigenvalue weighted by Crippen LogP contribution is 2.38. The Kier molecular flexibility index (Phi) is 7.98. The summed E-state index contributed by atoms with van der Waals surface area (Å²) >= 11 is 1.58. The summed E-state index contributed by atoms with van der Waals surface area (Å²) < 4.78 is 38.3. The second-order valence-corrected chi connectivity index (χ2v) is 13.4. The first kappa shape index (κ1) is 28.0. The van der Waals surface area contributed by atoms with Crippen LogP contribution in [-0.4, -0.2) is 91.7 Å². The Morgan fingerprint density at radius 3 is 2.56 bits per heavy atom. The van der Waals surface area contributed by atoms with E-state index in [1.807, 2.05) is 13.8 Å². The molecule has 13 heteroatoms. The SMILES string of the molecule is COc1ncc(-c2nc(N3CCOCC3)nc3c(CN4CCC(C(C)(C)O)CC4)csc23)cc1NS(C)(=O)=O. The fourth-order valence-corrected chi connectivity index (χ4v) is 6.78. The molecule has 3 aromatic rings. The number of piperidine rings is 1. The number of hydrogen-bond donors (Lipinski definition) is 2. The van der Waals surface area contributed by atoms with Crippen LogP contribution < -0.4 is 14.4 Å². The summed E-state index contributed by atoms with van der Waals surface area (Å²) in [6, 6.07) is 1.71. The summed E-state index contributed by atoms with van der Waals surface area (Å²) in [6.07, 6.45) is 4.66. The number of aromatic nitrogens is 3. The fraction of sp³-hybridized carbons (Fsp3) is 0.577. The van der Waals surface area contributed by atoms with Gasteiger partial charge in [0.1, 0.15) is 5.69 Å². The molecule has 11 nitrogen and oxygen atoms in total. The second-order valence-electron chi connectivity index (χ2n) is 10.8. The molecule has 212 valence electrons. The van der Waals surface area contributed by atoms with Gasteiger partial charge < -0.3 is 19.5 Å². The lowest BCUT2D eigenvalue weighted by Gasteiger charge is -2.37. The maximum absolute atomic E-state index is 12.0. The van der Waals surface area contributed by atoms with Crippen LogP contribution >= 0.6 is 11.3 Å². The molecular formula is C26H36N6O5S2. The summed E-state index contributed by atoms with van der Waals surface area (Å²) in [5, 5.41) is 12.6. The summed E-state index contributed by atoms with van der Waals surface area (Å²) in [7, 11) is -2.10. The first-order valence-electron chi connectivity index (χ1n) is 13.1. The monoisotopic (exact) mass is 576 g/mol. The maximum Gasteiger partial charge on any atom is 0.238 e. The molecule has 5 rings (SSSR count). The smallest absolute Gasteiger partial charge is 0.238 e. The van der Waals surface area contributed by atoms with Crippen LogP contribution in [0.2, 0.25) is 0 Å². The van der Waals surface area contributed by atoms with Crippen molar-refractivity contribution >= 4 is 43.2 Å².